The van der Waals surface area contributed by atoms with E-state index in [9.17, 15) is 4.79 Å². The van der Waals surface area contributed by atoms with Crippen molar-refractivity contribution >= 4 is 11.6 Å². The molecule has 1 amide bonds. The standard InChI is InChI=1S/C23H23NO3/c1-26-14-15-27-21-12-7-11-20(17-21)24-23(25)22-13-6-5-10-19(22)16-18-8-3-2-4-9-18/h2-13,17H,14-16H2,1H3,(H,24,25). The maximum Gasteiger partial charge on any atom is 0.255 e. The second-order valence-electron chi connectivity index (χ2n) is 6.14. The van der Waals surface area contributed by atoms with Crippen LogP contribution in [0.25, 0.3) is 0 Å². The molecule has 0 spiro atoms. The number of rotatable bonds is 8. The average Bonchev–Trinajstić information content (AvgIpc) is 2.70. The van der Waals surface area contributed by atoms with Crippen LogP contribution < -0.4 is 10.1 Å². The Kier molecular flexibility index (Phi) is 6.61. The maximum absolute atomic E-state index is 12.8. The minimum Gasteiger partial charge on any atom is -0.491 e. The SMILES string of the molecule is COCCOc1cccc(NC(=O)c2ccccc2Cc2ccccc2)c1. The summed E-state index contributed by atoms with van der Waals surface area (Å²) < 4.78 is 10.6. The number of anilines is 1. The van der Waals surface area contributed by atoms with E-state index < -0.39 is 0 Å². The van der Waals surface area contributed by atoms with Gasteiger partial charge in [0.2, 0.25) is 0 Å². The van der Waals surface area contributed by atoms with Crippen molar-refractivity contribution in [1.82, 2.24) is 0 Å². The normalized spacial score (nSPS) is 10.4. The fraction of sp³-hybridized carbons (Fsp3) is 0.174. The Morgan fingerprint density at radius 2 is 1.67 bits per heavy atom. The Hall–Kier alpha value is -3.11. The zero-order chi connectivity index (χ0) is 18.9. The summed E-state index contributed by atoms with van der Waals surface area (Å²) >= 11 is 0. The van der Waals surface area contributed by atoms with Crippen molar-refractivity contribution in [3.8, 4) is 5.75 Å². The van der Waals surface area contributed by atoms with E-state index in [4.69, 9.17) is 9.47 Å². The lowest BCUT2D eigenvalue weighted by molar-refractivity contribution is 0.102. The first-order valence-corrected chi connectivity index (χ1v) is 8.91. The Balaban J connectivity index is 1.72. The van der Waals surface area contributed by atoms with E-state index in [1.807, 2.05) is 66.7 Å². The number of benzene rings is 3. The molecule has 0 aliphatic carbocycles. The number of methoxy groups -OCH3 is 1. The molecular formula is C23H23NO3. The van der Waals surface area contributed by atoms with Crippen LogP contribution in [0.3, 0.4) is 0 Å². The van der Waals surface area contributed by atoms with Gasteiger partial charge in [-0.3, -0.25) is 4.79 Å². The molecule has 0 heterocycles. The van der Waals surface area contributed by atoms with Gasteiger partial charge in [-0.1, -0.05) is 54.6 Å². The van der Waals surface area contributed by atoms with Crippen LogP contribution in [0.2, 0.25) is 0 Å². The highest BCUT2D eigenvalue weighted by atomic mass is 16.5. The molecule has 0 aliphatic heterocycles. The topological polar surface area (TPSA) is 47.6 Å². The summed E-state index contributed by atoms with van der Waals surface area (Å²) in [6.07, 6.45) is 0.713. The third-order valence-corrected chi connectivity index (χ3v) is 4.15. The van der Waals surface area contributed by atoms with Gasteiger partial charge < -0.3 is 14.8 Å². The molecule has 0 bridgehead atoms. The molecule has 138 valence electrons. The van der Waals surface area contributed by atoms with Gasteiger partial charge in [0, 0.05) is 24.4 Å². The first-order chi connectivity index (χ1) is 13.3. The van der Waals surface area contributed by atoms with E-state index in [2.05, 4.69) is 17.4 Å². The van der Waals surface area contributed by atoms with E-state index >= 15 is 0 Å². The second kappa shape index (κ2) is 9.55. The van der Waals surface area contributed by atoms with E-state index in [1.165, 1.54) is 5.56 Å². The number of amides is 1. The van der Waals surface area contributed by atoms with Crippen LogP contribution >= 0.6 is 0 Å². The quantitative estimate of drug-likeness (QED) is 0.599. The minimum absolute atomic E-state index is 0.129. The lowest BCUT2D eigenvalue weighted by Gasteiger charge is -2.12. The zero-order valence-electron chi connectivity index (χ0n) is 15.4. The summed E-state index contributed by atoms with van der Waals surface area (Å²) in [7, 11) is 1.63. The van der Waals surface area contributed by atoms with Gasteiger partial charge in [0.05, 0.1) is 6.61 Å². The summed E-state index contributed by atoms with van der Waals surface area (Å²) in [6, 6.07) is 25.2. The second-order valence-corrected chi connectivity index (χ2v) is 6.14. The number of hydrogen-bond donors (Lipinski definition) is 1. The van der Waals surface area contributed by atoms with Gasteiger partial charge in [-0.15, -0.1) is 0 Å². The van der Waals surface area contributed by atoms with Crippen LogP contribution in [-0.4, -0.2) is 26.2 Å². The summed E-state index contributed by atoms with van der Waals surface area (Å²) in [5.41, 5.74) is 3.54. The van der Waals surface area contributed by atoms with Crippen molar-refractivity contribution in [1.29, 1.82) is 0 Å². The number of carbonyl (C=O) groups excluding carboxylic acids is 1. The molecule has 4 heteroatoms. The molecule has 0 radical (unpaired) electrons. The number of hydrogen-bond acceptors (Lipinski definition) is 3. The van der Waals surface area contributed by atoms with Crippen molar-refractivity contribution in [3.05, 3.63) is 95.6 Å². The smallest absolute Gasteiger partial charge is 0.255 e. The molecule has 0 atom stereocenters. The summed E-state index contributed by atoms with van der Waals surface area (Å²) in [6.45, 7) is 0.983. The van der Waals surface area contributed by atoms with Crippen LogP contribution in [0, 0.1) is 0 Å². The summed E-state index contributed by atoms with van der Waals surface area (Å²) in [4.78, 5) is 12.8. The monoisotopic (exact) mass is 361 g/mol. The highest BCUT2D eigenvalue weighted by molar-refractivity contribution is 6.05. The van der Waals surface area contributed by atoms with E-state index in [0.29, 0.717) is 36.6 Å². The Morgan fingerprint density at radius 1 is 0.889 bits per heavy atom. The van der Waals surface area contributed by atoms with Crippen LogP contribution in [-0.2, 0) is 11.2 Å². The van der Waals surface area contributed by atoms with Gasteiger partial charge in [0.15, 0.2) is 0 Å². The van der Waals surface area contributed by atoms with Gasteiger partial charge >= 0.3 is 0 Å². The molecule has 27 heavy (non-hydrogen) atoms. The fourth-order valence-corrected chi connectivity index (χ4v) is 2.82. The third kappa shape index (κ3) is 5.43. The fourth-order valence-electron chi connectivity index (χ4n) is 2.82. The molecule has 0 aliphatic rings. The minimum atomic E-state index is -0.129. The van der Waals surface area contributed by atoms with Crippen LogP contribution in [0.5, 0.6) is 5.75 Å². The lowest BCUT2D eigenvalue weighted by Crippen LogP contribution is -2.14. The molecule has 1 N–H and O–H groups in total. The van der Waals surface area contributed by atoms with Crippen LogP contribution in [0.4, 0.5) is 5.69 Å². The van der Waals surface area contributed by atoms with E-state index in [-0.39, 0.29) is 5.91 Å². The molecule has 3 aromatic carbocycles. The van der Waals surface area contributed by atoms with Gasteiger partial charge in [0.1, 0.15) is 12.4 Å². The third-order valence-electron chi connectivity index (χ3n) is 4.15. The predicted molar refractivity (Wildman–Crippen MR) is 107 cm³/mol. The number of carbonyl (C=O) groups is 1. The number of ether oxygens (including phenoxy) is 2. The van der Waals surface area contributed by atoms with E-state index in [0.717, 1.165) is 5.56 Å². The largest absolute Gasteiger partial charge is 0.491 e. The molecule has 0 aromatic heterocycles. The molecule has 0 fully saturated rings. The van der Waals surface area contributed by atoms with Crippen LogP contribution in [0.1, 0.15) is 21.5 Å². The van der Waals surface area contributed by atoms with Crippen LogP contribution in [0.15, 0.2) is 78.9 Å². The van der Waals surface area contributed by atoms with Crippen molar-refractivity contribution in [2.45, 2.75) is 6.42 Å². The van der Waals surface area contributed by atoms with Crippen molar-refractivity contribution in [3.63, 3.8) is 0 Å². The van der Waals surface area contributed by atoms with Crippen molar-refractivity contribution in [2.24, 2.45) is 0 Å². The summed E-state index contributed by atoms with van der Waals surface area (Å²) in [5.74, 6) is 0.568. The Morgan fingerprint density at radius 3 is 2.48 bits per heavy atom. The first-order valence-electron chi connectivity index (χ1n) is 8.91. The average molecular weight is 361 g/mol. The van der Waals surface area contributed by atoms with E-state index in [1.54, 1.807) is 7.11 Å². The van der Waals surface area contributed by atoms with Gasteiger partial charge in [0.25, 0.3) is 5.91 Å². The molecule has 0 saturated heterocycles. The molecule has 3 rings (SSSR count). The Bertz CT molecular complexity index is 878. The number of nitrogens with one attached hydrogen (secondary N) is 1. The Labute approximate surface area is 159 Å². The zero-order valence-corrected chi connectivity index (χ0v) is 15.4. The molecular weight excluding hydrogens is 338 g/mol. The molecule has 4 nitrogen and oxygen atoms in total. The molecule has 0 saturated carbocycles. The molecule has 3 aromatic rings. The summed E-state index contributed by atoms with van der Waals surface area (Å²) in [5, 5.41) is 2.97. The first kappa shape index (κ1) is 18.7. The highest BCUT2D eigenvalue weighted by Crippen LogP contribution is 2.20. The maximum atomic E-state index is 12.8. The highest BCUT2D eigenvalue weighted by Gasteiger charge is 2.12. The molecule has 0 unspecified atom stereocenters. The van der Waals surface area contributed by atoms with Gasteiger partial charge in [-0.2, -0.15) is 0 Å². The lowest BCUT2D eigenvalue weighted by atomic mass is 9.99. The van der Waals surface area contributed by atoms with Gasteiger partial charge in [-0.05, 0) is 35.7 Å². The predicted octanol–water partition coefficient (Wildman–Crippen LogP) is 4.55. The van der Waals surface area contributed by atoms with Crippen molar-refractivity contribution in [2.75, 3.05) is 25.6 Å². The van der Waals surface area contributed by atoms with Crippen molar-refractivity contribution < 1.29 is 14.3 Å². The van der Waals surface area contributed by atoms with Gasteiger partial charge in [-0.25, -0.2) is 0 Å².